The minimum atomic E-state index is -0.359. The van der Waals surface area contributed by atoms with E-state index in [1.807, 2.05) is 24.3 Å². The van der Waals surface area contributed by atoms with Crippen LogP contribution in [-0.2, 0) is 0 Å². The van der Waals surface area contributed by atoms with Gasteiger partial charge in [0.05, 0.1) is 6.04 Å². The lowest BCUT2D eigenvalue weighted by atomic mass is 10.00. The van der Waals surface area contributed by atoms with Gasteiger partial charge >= 0.3 is 0 Å². The predicted molar refractivity (Wildman–Crippen MR) is 71.6 cm³/mol. The Morgan fingerprint density at radius 2 is 1.76 bits per heavy atom. The fourth-order valence-electron chi connectivity index (χ4n) is 1.60. The molecule has 0 saturated heterocycles. The summed E-state index contributed by atoms with van der Waals surface area (Å²) in [5, 5.41) is 0.348. The number of benzene rings is 2. The molecule has 0 aliphatic rings. The van der Waals surface area contributed by atoms with Gasteiger partial charge in [0.1, 0.15) is 5.82 Å². The molecule has 2 rings (SSSR count). The Labute approximate surface area is 113 Å². The molecule has 0 fully saturated rings. The van der Waals surface area contributed by atoms with Crippen LogP contribution in [0.3, 0.4) is 0 Å². The fourth-order valence-corrected chi connectivity index (χ4v) is 2.15. The number of rotatable bonds is 2. The molecule has 1 atom stereocenters. The molecule has 0 aliphatic heterocycles. The molecule has 0 spiro atoms. The van der Waals surface area contributed by atoms with Gasteiger partial charge in [-0.2, -0.15) is 0 Å². The summed E-state index contributed by atoms with van der Waals surface area (Å²) in [6.45, 7) is 0. The molecule has 4 heteroatoms. The van der Waals surface area contributed by atoms with Crippen LogP contribution in [0.1, 0.15) is 17.2 Å². The third-order valence-corrected chi connectivity index (χ3v) is 3.38. The lowest BCUT2D eigenvalue weighted by Gasteiger charge is -2.14. The number of halogens is 3. The van der Waals surface area contributed by atoms with Crippen LogP contribution < -0.4 is 5.73 Å². The van der Waals surface area contributed by atoms with Gasteiger partial charge in [-0.05, 0) is 35.4 Å². The Kier molecular flexibility index (Phi) is 3.82. The van der Waals surface area contributed by atoms with Crippen LogP contribution in [-0.4, -0.2) is 0 Å². The van der Waals surface area contributed by atoms with E-state index in [4.69, 9.17) is 17.3 Å². The zero-order valence-corrected chi connectivity index (χ0v) is 11.2. The van der Waals surface area contributed by atoms with Gasteiger partial charge < -0.3 is 5.73 Å². The first kappa shape index (κ1) is 12.6. The minimum Gasteiger partial charge on any atom is -0.320 e. The molecule has 0 radical (unpaired) electrons. The first-order valence-corrected chi connectivity index (χ1v) is 6.21. The molecule has 2 N–H and O–H groups in total. The van der Waals surface area contributed by atoms with E-state index in [9.17, 15) is 4.39 Å². The third kappa shape index (κ3) is 2.86. The summed E-state index contributed by atoms with van der Waals surface area (Å²) in [6, 6.07) is 11.5. The first-order valence-electron chi connectivity index (χ1n) is 5.04. The van der Waals surface area contributed by atoms with Gasteiger partial charge in [0.15, 0.2) is 0 Å². The van der Waals surface area contributed by atoms with Crippen molar-refractivity contribution in [3.8, 4) is 0 Å². The molecule has 88 valence electrons. The summed E-state index contributed by atoms with van der Waals surface area (Å²) in [5.41, 5.74) is 7.75. The van der Waals surface area contributed by atoms with Crippen molar-refractivity contribution in [3.63, 3.8) is 0 Å². The maximum atomic E-state index is 12.9. The zero-order chi connectivity index (χ0) is 12.4. The lowest BCUT2D eigenvalue weighted by Crippen LogP contribution is -2.12. The molecule has 1 nitrogen and oxygen atoms in total. The summed E-state index contributed by atoms with van der Waals surface area (Å²) in [4.78, 5) is 0. The van der Waals surface area contributed by atoms with Gasteiger partial charge in [0, 0.05) is 9.50 Å². The highest BCUT2D eigenvalue weighted by Crippen LogP contribution is 2.27. The van der Waals surface area contributed by atoms with E-state index in [0.717, 1.165) is 15.6 Å². The average Bonchev–Trinajstić information content (AvgIpc) is 2.29. The van der Waals surface area contributed by atoms with Crippen LogP contribution in [0.2, 0.25) is 5.02 Å². The van der Waals surface area contributed by atoms with E-state index >= 15 is 0 Å². The Morgan fingerprint density at radius 1 is 1.12 bits per heavy atom. The van der Waals surface area contributed by atoms with Crippen molar-refractivity contribution in [3.05, 3.63) is 68.9 Å². The summed E-state index contributed by atoms with van der Waals surface area (Å²) in [7, 11) is 0. The summed E-state index contributed by atoms with van der Waals surface area (Å²) < 4.78 is 13.9. The summed E-state index contributed by atoms with van der Waals surface area (Å²) in [6.07, 6.45) is 0. The van der Waals surface area contributed by atoms with Gasteiger partial charge in [-0.3, -0.25) is 0 Å². The van der Waals surface area contributed by atoms with Gasteiger partial charge in [-0.25, -0.2) is 4.39 Å². The predicted octanol–water partition coefficient (Wildman–Crippen LogP) is 4.29. The second-order valence-electron chi connectivity index (χ2n) is 3.70. The van der Waals surface area contributed by atoms with E-state index in [2.05, 4.69) is 15.9 Å². The second kappa shape index (κ2) is 5.17. The SMILES string of the molecule is NC(c1ccc(Br)cc1)c1ccc(F)cc1Cl. The maximum Gasteiger partial charge on any atom is 0.124 e. The van der Waals surface area contributed by atoms with E-state index in [0.29, 0.717) is 5.02 Å². The van der Waals surface area contributed by atoms with Gasteiger partial charge in [-0.15, -0.1) is 0 Å². The van der Waals surface area contributed by atoms with Crippen molar-refractivity contribution in [2.75, 3.05) is 0 Å². The Bertz CT molecular complexity index is 527. The molecule has 0 bridgehead atoms. The quantitative estimate of drug-likeness (QED) is 0.879. The van der Waals surface area contributed by atoms with Crippen LogP contribution in [0.5, 0.6) is 0 Å². The second-order valence-corrected chi connectivity index (χ2v) is 5.02. The topological polar surface area (TPSA) is 26.0 Å². The van der Waals surface area contributed by atoms with E-state index < -0.39 is 0 Å². The first-order chi connectivity index (χ1) is 8.08. The van der Waals surface area contributed by atoms with Gasteiger partial charge in [0.2, 0.25) is 0 Å². The van der Waals surface area contributed by atoms with Crippen molar-refractivity contribution < 1.29 is 4.39 Å². The van der Waals surface area contributed by atoms with Crippen molar-refractivity contribution in [1.82, 2.24) is 0 Å². The monoisotopic (exact) mass is 313 g/mol. The molecule has 17 heavy (non-hydrogen) atoms. The van der Waals surface area contributed by atoms with E-state index in [-0.39, 0.29) is 11.9 Å². The zero-order valence-electron chi connectivity index (χ0n) is 8.83. The summed E-state index contributed by atoms with van der Waals surface area (Å²) in [5.74, 6) is -0.359. The van der Waals surface area contributed by atoms with Crippen LogP contribution in [0, 0.1) is 5.82 Å². The molecule has 0 saturated carbocycles. The molecule has 0 heterocycles. The van der Waals surface area contributed by atoms with Crippen LogP contribution >= 0.6 is 27.5 Å². The van der Waals surface area contributed by atoms with Crippen LogP contribution in [0.4, 0.5) is 4.39 Å². The van der Waals surface area contributed by atoms with Crippen molar-refractivity contribution in [2.24, 2.45) is 5.73 Å². The maximum absolute atomic E-state index is 12.9. The largest absolute Gasteiger partial charge is 0.320 e. The molecule has 2 aromatic rings. The minimum absolute atomic E-state index is 0.348. The van der Waals surface area contributed by atoms with E-state index in [1.54, 1.807) is 6.07 Å². The Balaban J connectivity index is 2.36. The van der Waals surface area contributed by atoms with Crippen molar-refractivity contribution >= 4 is 27.5 Å². The molecular formula is C13H10BrClFN. The Hall–Kier alpha value is -0.900. The molecule has 0 amide bonds. The number of hydrogen-bond donors (Lipinski definition) is 1. The molecular weight excluding hydrogens is 305 g/mol. The molecule has 0 aliphatic carbocycles. The fraction of sp³-hybridized carbons (Fsp3) is 0.0769. The van der Waals surface area contributed by atoms with Gasteiger partial charge in [0.25, 0.3) is 0 Å². The number of hydrogen-bond acceptors (Lipinski definition) is 1. The standard InChI is InChI=1S/C13H10BrClFN/c14-9-3-1-8(2-4-9)13(17)11-6-5-10(16)7-12(11)15/h1-7,13H,17H2. The normalized spacial score (nSPS) is 12.5. The van der Waals surface area contributed by atoms with E-state index in [1.165, 1.54) is 12.1 Å². The molecule has 2 aromatic carbocycles. The highest BCUT2D eigenvalue weighted by Gasteiger charge is 2.12. The van der Waals surface area contributed by atoms with Gasteiger partial charge in [-0.1, -0.05) is 45.7 Å². The van der Waals surface area contributed by atoms with Crippen LogP contribution in [0.25, 0.3) is 0 Å². The average molecular weight is 315 g/mol. The van der Waals surface area contributed by atoms with Crippen LogP contribution in [0.15, 0.2) is 46.9 Å². The number of nitrogens with two attached hydrogens (primary N) is 1. The molecule has 1 unspecified atom stereocenters. The highest BCUT2D eigenvalue weighted by molar-refractivity contribution is 9.10. The third-order valence-electron chi connectivity index (χ3n) is 2.53. The lowest BCUT2D eigenvalue weighted by molar-refractivity contribution is 0.626. The highest BCUT2D eigenvalue weighted by atomic mass is 79.9. The van der Waals surface area contributed by atoms with Crippen molar-refractivity contribution in [1.29, 1.82) is 0 Å². The smallest absolute Gasteiger partial charge is 0.124 e. The Morgan fingerprint density at radius 3 is 2.35 bits per heavy atom. The summed E-state index contributed by atoms with van der Waals surface area (Å²) >= 11 is 9.33. The van der Waals surface area contributed by atoms with Crippen molar-refractivity contribution in [2.45, 2.75) is 6.04 Å². The molecule has 0 aromatic heterocycles.